The van der Waals surface area contributed by atoms with Crippen molar-refractivity contribution in [3.8, 4) is 5.75 Å². The van der Waals surface area contributed by atoms with Crippen molar-refractivity contribution in [2.45, 2.75) is 38.1 Å². The molecule has 0 bridgehead atoms. The van der Waals surface area contributed by atoms with E-state index >= 15 is 0 Å². The summed E-state index contributed by atoms with van der Waals surface area (Å²) < 4.78 is 5.66. The zero-order valence-electron chi connectivity index (χ0n) is 14.4. The smallest absolute Gasteiger partial charge is 0.239 e. The Morgan fingerprint density at radius 2 is 1.96 bits per heavy atom. The van der Waals surface area contributed by atoms with E-state index in [1.807, 2.05) is 24.3 Å². The molecule has 2 aliphatic rings. The molecular weight excluding hydrogens is 312 g/mol. The molecule has 0 spiro atoms. The lowest BCUT2D eigenvalue weighted by Crippen LogP contribution is -2.35. The first-order valence-corrected chi connectivity index (χ1v) is 9.17. The molecule has 1 amide bonds. The highest BCUT2D eigenvalue weighted by molar-refractivity contribution is 5.81. The summed E-state index contributed by atoms with van der Waals surface area (Å²) in [6.45, 7) is 0.942. The lowest BCUT2D eigenvalue weighted by atomic mass is 9.90. The van der Waals surface area contributed by atoms with Crippen LogP contribution in [0.5, 0.6) is 5.75 Å². The van der Waals surface area contributed by atoms with Gasteiger partial charge in [0.2, 0.25) is 5.91 Å². The maximum atomic E-state index is 12.4. The number of fused-ring (bicyclic) bond motifs is 2. The summed E-state index contributed by atoms with van der Waals surface area (Å²) in [5.74, 6) is 0.902. The largest absolute Gasteiger partial charge is 0.493 e. The van der Waals surface area contributed by atoms with E-state index in [0.717, 1.165) is 36.3 Å². The molecular formula is C21H24N2O2. The highest BCUT2D eigenvalue weighted by Crippen LogP contribution is 2.31. The van der Waals surface area contributed by atoms with Crippen molar-refractivity contribution in [1.82, 2.24) is 5.32 Å². The first-order chi connectivity index (χ1) is 12.3. The van der Waals surface area contributed by atoms with E-state index in [2.05, 4.69) is 28.8 Å². The molecule has 1 aliphatic carbocycles. The summed E-state index contributed by atoms with van der Waals surface area (Å²) in [5.41, 5.74) is 4.99. The summed E-state index contributed by atoms with van der Waals surface area (Å²) in [4.78, 5) is 12.4. The van der Waals surface area contributed by atoms with Gasteiger partial charge in [-0.05, 0) is 48.9 Å². The van der Waals surface area contributed by atoms with E-state index in [-0.39, 0.29) is 11.9 Å². The van der Waals surface area contributed by atoms with Gasteiger partial charge >= 0.3 is 0 Å². The molecule has 4 nitrogen and oxygen atoms in total. The number of benzene rings is 2. The summed E-state index contributed by atoms with van der Waals surface area (Å²) in [7, 11) is 0. The van der Waals surface area contributed by atoms with Gasteiger partial charge in [0.25, 0.3) is 0 Å². The SMILES string of the molecule is O=C(CNc1cccc2c1CCCC2)NC1CCOc2ccccc21. The van der Waals surface area contributed by atoms with Crippen LogP contribution in [0.1, 0.15) is 42.0 Å². The van der Waals surface area contributed by atoms with Crippen LogP contribution < -0.4 is 15.4 Å². The first-order valence-electron chi connectivity index (χ1n) is 9.17. The van der Waals surface area contributed by atoms with Crippen LogP contribution in [0.2, 0.25) is 0 Å². The number of para-hydroxylation sites is 1. The number of aryl methyl sites for hydroxylation is 1. The molecule has 0 radical (unpaired) electrons. The molecule has 0 fully saturated rings. The Balaban J connectivity index is 1.39. The van der Waals surface area contributed by atoms with Crippen LogP contribution in [0.4, 0.5) is 5.69 Å². The molecule has 2 aromatic rings. The van der Waals surface area contributed by atoms with E-state index in [1.165, 1.54) is 24.0 Å². The van der Waals surface area contributed by atoms with Crippen LogP contribution in [0, 0.1) is 0 Å². The minimum Gasteiger partial charge on any atom is -0.493 e. The average Bonchev–Trinajstić information content (AvgIpc) is 2.66. The summed E-state index contributed by atoms with van der Waals surface area (Å²) >= 11 is 0. The van der Waals surface area contributed by atoms with Crippen LogP contribution in [0.15, 0.2) is 42.5 Å². The third-order valence-corrected chi connectivity index (χ3v) is 5.13. The van der Waals surface area contributed by atoms with E-state index in [1.54, 1.807) is 0 Å². The summed E-state index contributed by atoms with van der Waals surface area (Å²) in [5, 5.41) is 6.49. The Kier molecular flexibility index (Phi) is 4.59. The second-order valence-electron chi connectivity index (χ2n) is 6.80. The topological polar surface area (TPSA) is 50.4 Å². The zero-order valence-corrected chi connectivity index (χ0v) is 14.4. The van der Waals surface area contributed by atoms with Crippen molar-refractivity contribution in [2.75, 3.05) is 18.5 Å². The van der Waals surface area contributed by atoms with Crippen molar-refractivity contribution < 1.29 is 9.53 Å². The predicted molar refractivity (Wildman–Crippen MR) is 99.0 cm³/mol. The summed E-state index contributed by atoms with van der Waals surface area (Å²) in [6, 6.07) is 14.3. The van der Waals surface area contributed by atoms with Gasteiger partial charge in [0.1, 0.15) is 5.75 Å². The number of hydrogen-bond acceptors (Lipinski definition) is 3. The van der Waals surface area contributed by atoms with Gasteiger partial charge in [0, 0.05) is 17.7 Å². The normalized spacial score (nSPS) is 18.5. The Morgan fingerprint density at radius 1 is 1.08 bits per heavy atom. The molecule has 25 heavy (non-hydrogen) atoms. The van der Waals surface area contributed by atoms with Crippen LogP contribution in [-0.2, 0) is 17.6 Å². The van der Waals surface area contributed by atoms with Gasteiger partial charge in [-0.25, -0.2) is 0 Å². The lowest BCUT2D eigenvalue weighted by molar-refractivity contribution is -0.120. The van der Waals surface area contributed by atoms with Gasteiger partial charge in [-0.3, -0.25) is 4.79 Å². The minimum atomic E-state index is 0.0233. The van der Waals surface area contributed by atoms with Gasteiger partial charge in [-0.1, -0.05) is 30.3 Å². The molecule has 4 rings (SSSR count). The highest BCUT2D eigenvalue weighted by atomic mass is 16.5. The average molecular weight is 336 g/mol. The molecule has 130 valence electrons. The Labute approximate surface area is 148 Å². The Bertz CT molecular complexity index is 772. The van der Waals surface area contributed by atoms with Crippen molar-refractivity contribution >= 4 is 11.6 Å². The van der Waals surface area contributed by atoms with Crippen LogP contribution in [-0.4, -0.2) is 19.1 Å². The number of rotatable bonds is 4. The van der Waals surface area contributed by atoms with E-state index in [4.69, 9.17) is 4.74 Å². The summed E-state index contributed by atoms with van der Waals surface area (Å²) in [6.07, 6.45) is 5.56. The molecule has 2 N–H and O–H groups in total. The number of hydrogen-bond donors (Lipinski definition) is 2. The molecule has 1 aliphatic heterocycles. The number of amides is 1. The Hall–Kier alpha value is -2.49. The maximum Gasteiger partial charge on any atom is 0.239 e. The van der Waals surface area contributed by atoms with E-state index < -0.39 is 0 Å². The molecule has 4 heteroatoms. The minimum absolute atomic E-state index is 0.0233. The van der Waals surface area contributed by atoms with Gasteiger partial charge in [0.05, 0.1) is 19.2 Å². The Morgan fingerprint density at radius 3 is 2.92 bits per heavy atom. The fraction of sp³-hybridized carbons (Fsp3) is 0.381. The van der Waals surface area contributed by atoms with E-state index in [0.29, 0.717) is 13.2 Å². The molecule has 0 saturated carbocycles. The van der Waals surface area contributed by atoms with Gasteiger partial charge in [0.15, 0.2) is 0 Å². The van der Waals surface area contributed by atoms with Gasteiger partial charge < -0.3 is 15.4 Å². The molecule has 2 aromatic carbocycles. The lowest BCUT2D eigenvalue weighted by Gasteiger charge is -2.27. The van der Waals surface area contributed by atoms with E-state index in [9.17, 15) is 4.79 Å². The molecule has 0 aromatic heterocycles. The maximum absolute atomic E-state index is 12.4. The number of carbonyl (C=O) groups excluding carboxylic acids is 1. The third-order valence-electron chi connectivity index (χ3n) is 5.13. The van der Waals surface area contributed by atoms with Gasteiger partial charge in [-0.15, -0.1) is 0 Å². The monoisotopic (exact) mass is 336 g/mol. The van der Waals surface area contributed by atoms with Crippen molar-refractivity contribution in [2.24, 2.45) is 0 Å². The molecule has 0 saturated heterocycles. The van der Waals surface area contributed by atoms with Crippen LogP contribution in [0.25, 0.3) is 0 Å². The van der Waals surface area contributed by atoms with Crippen molar-refractivity contribution in [3.63, 3.8) is 0 Å². The molecule has 1 atom stereocenters. The molecule has 1 heterocycles. The highest BCUT2D eigenvalue weighted by Gasteiger charge is 2.22. The second kappa shape index (κ2) is 7.18. The number of anilines is 1. The van der Waals surface area contributed by atoms with Crippen molar-refractivity contribution in [1.29, 1.82) is 0 Å². The fourth-order valence-electron chi connectivity index (χ4n) is 3.86. The fourth-order valence-corrected chi connectivity index (χ4v) is 3.86. The number of ether oxygens (including phenoxy) is 1. The quantitative estimate of drug-likeness (QED) is 0.897. The van der Waals surface area contributed by atoms with Crippen LogP contribution in [0.3, 0.4) is 0 Å². The standard InChI is InChI=1S/C21H24N2O2/c24-21(23-19-12-13-25-20-11-4-3-9-17(19)20)14-22-18-10-5-7-15-6-1-2-8-16(15)18/h3-5,7,9-11,19,22H,1-2,6,8,12-14H2,(H,23,24). The first kappa shape index (κ1) is 16.0. The number of carbonyl (C=O) groups is 1. The molecule has 1 unspecified atom stereocenters. The predicted octanol–water partition coefficient (Wildman–Crippen LogP) is 3.62. The second-order valence-corrected chi connectivity index (χ2v) is 6.80. The third kappa shape index (κ3) is 3.48. The van der Waals surface area contributed by atoms with Crippen LogP contribution >= 0.6 is 0 Å². The van der Waals surface area contributed by atoms with Crippen molar-refractivity contribution in [3.05, 3.63) is 59.2 Å². The number of nitrogens with one attached hydrogen (secondary N) is 2. The van der Waals surface area contributed by atoms with Gasteiger partial charge in [-0.2, -0.15) is 0 Å². The zero-order chi connectivity index (χ0) is 17.1.